The summed E-state index contributed by atoms with van der Waals surface area (Å²) in [5.41, 5.74) is 3.86. The Kier molecular flexibility index (Phi) is 6.38. The highest BCUT2D eigenvalue weighted by Gasteiger charge is 2.24. The topological polar surface area (TPSA) is 64.7 Å². The number of benzene rings is 2. The average molecular weight is 462 g/mol. The number of rotatable bonds is 6. The lowest BCUT2D eigenvalue weighted by molar-refractivity contribution is 0.102. The monoisotopic (exact) mass is 461 g/mol. The minimum Gasteiger partial charge on any atom is -0.307 e. The number of aromatic nitrogens is 4. The summed E-state index contributed by atoms with van der Waals surface area (Å²) in [7, 11) is 0. The van der Waals surface area contributed by atoms with Crippen LogP contribution in [0.15, 0.2) is 66.7 Å². The van der Waals surface area contributed by atoms with Gasteiger partial charge in [0.1, 0.15) is 11.0 Å². The van der Waals surface area contributed by atoms with Gasteiger partial charge in [0.05, 0.1) is 30.0 Å². The summed E-state index contributed by atoms with van der Waals surface area (Å²) < 4.78 is 3.48. The Bertz CT molecular complexity index is 1250. The fourth-order valence-electron chi connectivity index (χ4n) is 3.61. The molecule has 7 heteroatoms. The molecule has 0 bridgehead atoms. The van der Waals surface area contributed by atoms with E-state index in [0.717, 1.165) is 16.8 Å². The molecule has 170 valence electrons. The second-order valence-corrected chi connectivity index (χ2v) is 9.51. The van der Waals surface area contributed by atoms with Crippen LogP contribution in [0.2, 0.25) is 5.15 Å². The number of carbonyl (C=O) groups is 1. The van der Waals surface area contributed by atoms with Crippen molar-refractivity contribution in [3.05, 3.63) is 100.0 Å². The van der Waals surface area contributed by atoms with Crippen molar-refractivity contribution in [3.63, 3.8) is 0 Å². The minimum atomic E-state index is -0.300. The van der Waals surface area contributed by atoms with Gasteiger partial charge in [0.2, 0.25) is 0 Å². The predicted octanol–water partition coefficient (Wildman–Crippen LogP) is 5.69. The lowest BCUT2D eigenvalue weighted by Crippen LogP contribution is -2.17. The molecule has 6 nitrogen and oxygen atoms in total. The van der Waals surface area contributed by atoms with E-state index >= 15 is 0 Å². The first-order chi connectivity index (χ1) is 15.7. The van der Waals surface area contributed by atoms with Gasteiger partial charge in [-0.25, -0.2) is 9.36 Å². The van der Waals surface area contributed by atoms with Crippen molar-refractivity contribution in [2.45, 2.75) is 46.2 Å². The zero-order valence-electron chi connectivity index (χ0n) is 19.3. The minimum absolute atomic E-state index is 0.157. The zero-order chi connectivity index (χ0) is 23.6. The number of hydrogen-bond donors (Lipinski definition) is 1. The molecular weight excluding hydrogens is 434 g/mol. The molecule has 4 aromatic rings. The number of anilines is 1. The molecule has 0 fully saturated rings. The van der Waals surface area contributed by atoms with Crippen molar-refractivity contribution in [3.8, 4) is 0 Å². The highest BCUT2D eigenvalue weighted by Crippen LogP contribution is 2.27. The number of hydrogen-bond acceptors (Lipinski definition) is 3. The predicted molar refractivity (Wildman–Crippen MR) is 132 cm³/mol. The van der Waals surface area contributed by atoms with Crippen molar-refractivity contribution < 1.29 is 4.79 Å². The van der Waals surface area contributed by atoms with E-state index < -0.39 is 0 Å². The maximum absolute atomic E-state index is 13.3. The Labute approximate surface area is 199 Å². The fourth-order valence-corrected chi connectivity index (χ4v) is 3.93. The van der Waals surface area contributed by atoms with Crippen LogP contribution in [0.3, 0.4) is 0 Å². The van der Waals surface area contributed by atoms with Gasteiger partial charge in [-0.2, -0.15) is 10.2 Å². The molecular formula is C26H28ClN5O. The number of nitrogens with zero attached hydrogens (tertiary/aromatic N) is 4. The van der Waals surface area contributed by atoms with Crippen LogP contribution in [-0.2, 0) is 18.5 Å². The Morgan fingerprint density at radius 1 is 0.909 bits per heavy atom. The molecule has 0 aliphatic carbocycles. The van der Waals surface area contributed by atoms with Gasteiger partial charge < -0.3 is 5.32 Å². The molecule has 2 aromatic heterocycles. The van der Waals surface area contributed by atoms with E-state index in [1.54, 1.807) is 11.6 Å². The average Bonchev–Trinajstić information content (AvgIpc) is 3.29. The van der Waals surface area contributed by atoms with Gasteiger partial charge in [-0.15, -0.1) is 0 Å². The van der Waals surface area contributed by atoms with E-state index in [1.165, 1.54) is 0 Å². The maximum Gasteiger partial charge on any atom is 0.261 e. The van der Waals surface area contributed by atoms with Gasteiger partial charge >= 0.3 is 0 Å². The molecule has 1 N–H and O–H groups in total. The largest absolute Gasteiger partial charge is 0.307 e. The smallest absolute Gasteiger partial charge is 0.261 e. The van der Waals surface area contributed by atoms with Gasteiger partial charge in [0, 0.05) is 11.5 Å². The second kappa shape index (κ2) is 9.24. The van der Waals surface area contributed by atoms with Crippen molar-refractivity contribution in [2.24, 2.45) is 0 Å². The van der Waals surface area contributed by atoms with Crippen molar-refractivity contribution in [2.75, 3.05) is 5.32 Å². The summed E-state index contributed by atoms with van der Waals surface area (Å²) in [6.07, 6.45) is 0. The van der Waals surface area contributed by atoms with E-state index in [4.69, 9.17) is 16.7 Å². The normalized spacial score (nSPS) is 11.5. The molecule has 0 unspecified atom stereocenters. The second-order valence-electron chi connectivity index (χ2n) is 9.16. The Morgan fingerprint density at radius 3 is 2.00 bits per heavy atom. The molecule has 1 amide bonds. The summed E-state index contributed by atoms with van der Waals surface area (Å²) in [6, 6.07) is 21.9. The van der Waals surface area contributed by atoms with E-state index in [1.807, 2.05) is 71.4 Å². The van der Waals surface area contributed by atoms with Gasteiger partial charge in [0.25, 0.3) is 5.91 Å². The van der Waals surface area contributed by atoms with E-state index in [-0.39, 0.29) is 11.3 Å². The summed E-state index contributed by atoms with van der Waals surface area (Å²) in [5.74, 6) is 0.325. The van der Waals surface area contributed by atoms with Gasteiger partial charge in [0.15, 0.2) is 0 Å². The van der Waals surface area contributed by atoms with Gasteiger partial charge in [-0.1, -0.05) is 93.0 Å². The third-order valence-corrected chi connectivity index (χ3v) is 5.82. The molecule has 0 atom stereocenters. The third-order valence-electron chi connectivity index (χ3n) is 5.43. The molecule has 0 spiro atoms. The SMILES string of the molecule is Cc1nn(Cc2ccccc2)c(Cl)c1C(=O)Nc1cc(C(C)(C)C)nn1Cc1ccccc1. The number of nitrogens with one attached hydrogen (secondary N) is 1. The molecule has 0 saturated heterocycles. The van der Waals surface area contributed by atoms with Crippen molar-refractivity contribution >= 4 is 23.3 Å². The maximum atomic E-state index is 13.3. The van der Waals surface area contributed by atoms with Crippen LogP contribution < -0.4 is 5.32 Å². The third kappa shape index (κ3) is 5.17. The quantitative estimate of drug-likeness (QED) is 0.401. The molecule has 2 heterocycles. The van der Waals surface area contributed by atoms with E-state index in [2.05, 4.69) is 31.2 Å². The molecule has 33 heavy (non-hydrogen) atoms. The first-order valence-electron chi connectivity index (χ1n) is 10.9. The zero-order valence-corrected chi connectivity index (χ0v) is 20.1. The molecule has 0 radical (unpaired) electrons. The standard InChI is InChI=1S/C26H28ClN5O/c1-18-23(24(27)32(29-18)17-20-13-9-6-10-14-20)25(33)28-22-15-21(26(2,3)4)30-31(22)16-19-11-7-5-8-12-19/h5-15H,16-17H2,1-4H3,(H,28,33). The number of halogens is 1. The van der Waals surface area contributed by atoms with Crippen LogP contribution in [0, 0.1) is 6.92 Å². The molecule has 0 aliphatic heterocycles. The summed E-state index contributed by atoms with van der Waals surface area (Å²) in [6.45, 7) is 9.14. The molecule has 0 saturated carbocycles. The van der Waals surface area contributed by atoms with Crippen molar-refractivity contribution in [1.29, 1.82) is 0 Å². The fraction of sp³-hybridized carbons (Fsp3) is 0.269. The van der Waals surface area contributed by atoms with Crippen LogP contribution >= 0.6 is 11.6 Å². The van der Waals surface area contributed by atoms with Crippen LogP contribution in [0.1, 0.15) is 53.6 Å². The van der Waals surface area contributed by atoms with Crippen molar-refractivity contribution in [1.82, 2.24) is 19.6 Å². The van der Waals surface area contributed by atoms with Gasteiger partial charge in [-0.05, 0) is 18.1 Å². The van der Waals surface area contributed by atoms with Crippen LogP contribution in [0.25, 0.3) is 0 Å². The lowest BCUT2D eigenvalue weighted by Gasteiger charge is -2.14. The van der Waals surface area contributed by atoms with E-state index in [9.17, 15) is 4.79 Å². The van der Waals surface area contributed by atoms with Gasteiger partial charge in [-0.3, -0.25) is 4.79 Å². The van der Waals surface area contributed by atoms with E-state index in [0.29, 0.717) is 35.3 Å². The van der Waals surface area contributed by atoms with Crippen LogP contribution in [-0.4, -0.2) is 25.5 Å². The highest BCUT2D eigenvalue weighted by atomic mass is 35.5. The van der Waals surface area contributed by atoms with Crippen LogP contribution in [0.4, 0.5) is 5.82 Å². The molecule has 0 aliphatic rings. The Balaban J connectivity index is 1.62. The molecule has 4 rings (SSSR count). The summed E-state index contributed by atoms with van der Waals surface area (Å²) in [4.78, 5) is 13.3. The number of amides is 1. The van der Waals surface area contributed by atoms with Crippen LogP contribution in [0.5, 0.6) is 0 Å². The Morgan fingerprint density at radius 2 is 1.45 bits per heavy atom. The first-order valence-corrected chi connectivity index (χ1v) is 11.3. The highest BCUT2D eigenvalue weighted by molar-refractivity contribution is 6.33. The first kappa shape index (κ1) is 22.8. The Hall–Kier alpha value is -3.38. The number of carbonyl (C=O) groups excluding carboxylic acids is 1. The number of aryl methyl sites for hydroxylation is 1. The molecule has 2 aromatic carbocycles. The summed E-state index contributed by atoms with van der Waals surface area (Å²) in [5, 5.41) is 12.6. The lowest BCUT2D eigenvalue weighted by atomic mass is 9.92. The summed E-state index contributed by atoms with van der Waals surface area (Å²) >= 11 is 6.61.